The zero-order valence-electron chi connectivity index (χ0n) is 30.5. The van der Waals surface area contributed by atoms with Crippen LogP contribution in [0.1, 0.15) is 17.3 Å². The van der Waals surface area contributed by atoms with Gasteiger partial charge >= 0.3 is 0 Å². The topological polar surface area (TPSA) is 272 Å². The molecule has 7 rings (SSSR count). The summed E-state index contributed by atoms with van der Waals surface area (Å²) >= 11 is 0. The van der Waals surface area contributed by atoms with Gasteiger partial charge in [0.2, 0.25) is 30.6 Å². The minimum absolute atomic E-state index is 0.00789. The summed E-state index contributed by atoms with van der Waals surface area (Å²) in [6, 6.07) is 9.79. The van der Waals surface area contributed by atoms with Gasteiger partial charge in [0.25, 0.3) is 0 Å². The lowest BCUT2D eigenvalue weighted by Crippen LogP contribution is -2.62. The number of hydrogen-bond acceptors (Lipinski definition) is 19. The Morgan fingerprint density at radius 3 is 2.09 bits per heavy atom. The standard InChI is InChI=1S/C38H40O19/c1-15(41)16-4-6-19(21(8-16)48-2)53-36-32(46)30(44)26(12-40)57-38(36)55-22-9-17(5-7-20(22)54-37-33(47)31(45)29(43)25(11-39)56-37)18-13-50-23-10-24-34(52-14-51-24)35(49-3)27(23)28(18)42/h4-10,13,25-26,29-33,36-40,43-47H,11-12,14H2,1-3H3/t25-,26-,29-,30-,31+,32+,33-,36-,37-,38-/m1/s1. The van der Waals surface area contributed by atoms with Gasteiger partial charge in [-0.25, -0.2) is 0 Å². The highest BCUT2D eigenvalue weighted by Gasteiger charge is 2.49. The van der Waals surface area contributed by atoms with Gasteiger partial charge < -0.3 is 82.8 Å². The summed E-state index contributed by atoms with van der Waals surface area (Å²) in [4.78, 5) is 26.2. The molecule has 3 aliphatic heterocycles. The van der Waals surface area contributed by atoms with Crippen LogP contribution in [-0.4, -0.2) is 137 Å². The average Bonchev–Trinajstić information content (AvgIpc) is 3.69. The molecule has 1 aromatic heterocycles. The third-order valence-electron chi connectivity index (χ3n) is 9.81. The van der Waals surface area contributed by atoms with Crippen LogP contribution in [0.25, 0.3) is 22.1 Å². The van der Waals surface area contributed by atoms with Gasteiger partial charge in [0.1, 0.15) is 60.0 Å². The second-order valence-corrected chi connectivity index (χ2v) is 13.3. The first kappa shape index (κ1) is 40.0. The Bertz CT molecular complexity index is 2170. The van der Waals surface area contributed by atoms with E-state index in [1.54, 1.807) is 0 Å². The van der Waals surface area contributed by atoms with Crippen LogP contribution < -0.4 is 38.6 Å². The molecule has 57 heavy (non-hydrogen) atoms. The molecule has 4 aromatic rings. The van der Waals surface area contributed by atoms with Gasteiger partial charge in [-0.05, 0) is 42.8 Å². The number of carbonyl (C=O) groups is 1. The van der Waals surface area contributed by atoms with E-state index in [2.05, 4.69) is 0 Å². The highest BCUT2D eigenvalue weighted by atomic mass is 16.7. The molecule has 19 nitrogen and oxygen atoms in total. The maximum absolute atomic E-state index is 14.1. The van der Waals surface area contributed by atoms with Crippen LogP contribution in [0.15, 0.2) is 57.9 Å². The van der Waals surface area contributed by atoms with Gasteiger partial charge in [0.05, 0.1) is 33.0 Å². The van der Waals surface area contributed by atoms with Crippen molar-refractivity contribution in [1.82, 2.24) is 0 Å². The summed E-state index contributed by atoms with van der Waals surface area (Å²) in [5, 5.41) is 73.6. The van der Waals surface area contributed by atoms with Gasteiger partial charge in [0, 0.05) is 11.6 Å². The first-order chi connectivity index (χ1) is 27.4. The Kier molecular flexibility index (Phi) is 11.5. The van der Waals surface area contributed by atoms with Gasteiger partial charge in [0.15, 0.2) is 46.4 Å². The number of fused-ring (bicyclic) bond motifs is 2. The molecule has 19 heteroatoms. The Balaban J connectivity index is 1.32. The lowest BCUT2D eigenvalue weighted by Gasteiger charge is -2.42. The molecule has 0 unspecified atom stereocenters. The normalized spacial score (nSPS) is 28.2. The van der Waals surface area contributed by atoms with Crippen molar-refractivity contribution in [1.29, 1.82) is 0 Å². The van der Waals surface area contributed by atoms with E-state index in [0.29, 0.717) is 11.3 Å². The molecule has 10 atom stereocenters. The monoisotopic (exact) mass is 800 g/mol. The highest BCUT2D eigenvalue weighted by Crippen LogP contribution is 2.46. The first-order valence-corrected chi connectivity index (χ1v) is 17.6. The minimum Gasteiger partial charge on any atom is -0.493 e. The second-order valence-electron chi connectivity index (χ2n) is 13.3. The lowest BCUT2D eigenvalue weighted by atomic mass is 9.98. The van der Waals surface area contributed by atoms with Crippen LogP contribution in [0.5, 0.6) is 40.2 Å². The predicted molar refractivity (Wildman–Crippen MR) is 191 cm³/mol. The number of carbonyl (C=O) groups excluding carboxylic acids is 1. The van der Waals surface area contributed by atoms with Crippen LogP contribution in [0.3, 0.4) is 0 Å². The number of Topliss-reactive ketones (excluding diaryl/α,β-unsaturated/α-hetero) is 1. The second kappa shape index (κ2) is 16.3. The molecular formula is C38H40O19. The summed E-state index contributed by atoms with van der Waals surface area (Å²) in [5.41, 5.74) is 0.0143. The summed E-state index contributed by atoms with van der Waals surface area (Å²) in [5.74, 6) is -0.0734. The smallest absolute Gasteiger partial charge is 0.240 e. The fraction of sp³-hybridized carbons (Fsp3) is 0.421. The third kappa shape index (κ3) is 7.40. The van der Waals surface area contributed by atoms with Crippen molar-refractivity contribution in [3.63, 3.8) is 0 Å². The van der Waals surface area contributed by atoms with Gasteiger partial charge in [-0.15, -0.1) is 0 Å². The number of methoxy groups -OCH3 is 2. The molecular weight excluding hydrogens is 760 g/mol. The van der Waals surface area contributed by atoms with E-state index in [1.165, 1.54) is 69.9 Å². The molecule has 3 aromatic carbocycles. The Morgan fingerprint density at radius 2 is 1.40 bits per heavy atom. The van der Waals surface area contributed by atoms with Gasteiger partial charge in [-0.2, -0.15) is 0 Å². The van der Waals surface area contributed by atoms with Crippen LogP contribution in [0.4, 0.5) is 0 Å². The van der Waals surface area contributed by atoms with E-state index in [1.807, 2.05) is 0 Å². The zero-order chi connectivity index (χ0) is 40.7. The zero-order valence-corrected chi connectivity index (χ0v) is 30.5. The molecule has 4 heterocycles. The van der Waals surface area contributed by atoms with Crippen molar-refractivity contribution >= 4 is 16.8 Å². The number of aliphatic hydroxyl groups is 7. The van der Waals surface area contributed by atoms with Crippen LogP contribution in [-0.2, 0) is 9.47 Å². The molecule has 0 amide bonds. The minimum atomic E-state index is -1.84. The van der Waals surface area contributed by atoms with Crippen LogP contribution >= 0.6 is 0 Å². The molecule has 306 valence electrons. The number of ether oxygens (including phenoxy) is 9. The summed E-state index contributed by atoms with van der Waals surface area (Å²) in [6.07, 6.45) is -15.3. The van der Waals surface area contributed by atoms with Crippen molar-refractivity contribution in [2.45, 2.75) is 68.3 Å². The maximum Gasteiger partial charge on any atom is 0.240 e. The van der Waals surface area contributed by atoms with E-state index < -0.39 is 80.1 Å². The quantitative estimate of drug-likeness (QED) is 0.0918. The predicted octanol–water partition coefficient (Wildman–Crippen LogP) is -0.147. The number of hydrogen-bond donors (Lipinski definition) is 7. The molecule has 7 N–H and O–H groups in total. The van der Waals surface area contributed by atoms with Crippen molar-refractivity contribution in [2.24, 2.45) is 0 Å². The molecule has 0 aliphatic carbocycles. The molecule has 3 aliphatic rings. The Morgan fingerprint density at radius 1 is 0.737 bits per heavy atom. The van der Waals surface area contributed by atoms with E-state index in [0.717, 1.165) is 0 Å². The molecule has 2 saturated heterocycles. The Hall–Kier alpha value is -5.22. The largest absolute Gasteiger partial charge is 0.493 e. The third-order valence-corrected chi connectivity index (χ3v) is 9.81. The fourth-order valence-corrected chi connectivity index (χ4v) is 6.69. The number of ketones is 1. The van der Waals surface area contributed by atoms with Crippen molar-refractivity contribution in [3.8, 4) is 51.4 Å². The van der Waals surface area contributed by atoms with E-state index >= 15 is 0 Å². The summed E-state index contributed by atoms with van der Waals surface area (Å²) in [6.45, 7) is -0.265. The maximum atomic E-state index is 14.1. The number of rotatable bonds is 12. The molecule has 0 saturated carbocycles. The fourth-order valence-electron chi connectivity index (χ4n) is 6.69. The number of aliphatic hydroxyl groups excluding tert-OH is 7. The summed E-state index contributed by atoms with van der Waals surface area (Å²) < 4.78 is 57.6. The highest BCUT2D eigenvalue weighted by molar-refractivity contribution is 5.94. The first-order valence-electron chi connectivity index (χ1n) is 17.6. The summed E-state index contributed by atoms with van der Waals surface area (Å²) in [7, 11) is 2.67. The Labute approximate surface area is 322 Å². The van der Waals surface area contributed by atoms with Gasteiger partial charge in [-0.1, -0.05) is 6.07 Å². The van der Waals surface area contributed by atoms with Gasteiger partial charge in [-0.3, -0.25) is 9.59 Å². The van der Waals surface area contributed by atoms with Crippen molar-refractivity contribution < 1.29 is 87.6 Å². The molecule has 0 spiro atoms. The molecule has 0 radical (unpaired) electrons. The molecule has 0 bridgehead atoms. The van der Waals surface area contributed by atoms with Crippen LogP contribution in [0.2, 0.25) is 0 Å². The van der Waals surface area contributed by atoms with Crippen molar-refractivity contribution in [2.75, 3.05) is 34.2 Å². The van der Waals surface area contributed by atoms with E-state index in [4.69, 9.17) is 47.0 Å². The van der Waals surface area contributed by atoms with E-state index in [9.17, 15) is 45.3 Å². The molecule has 2 fully saturated rings. The van der Waals surface area contributed by atoms with Crippen LogP contribution in [0, 0.1) is 0 Å². The number of benzene rings is 3. The SMILES string of the molecule is COc1cc(C(C)=O)ccc1O[C@H]1[C@H](Oc2cc(-c3coc4cc5c(c(OC)c4c3=O)OCO5)ccc2O[C@@H]2O[C@H](CO)[C@@H](O)[C@H](O)[C@H]2O)O[C@H](CO)[C@@H](O)[C@@H]1O. The van der Waals surface area contributed by atoms with Crippen molar-refractivity contribution in [3.05, 3.63) is 64.5 Å². The average molecular weight is 801 g/mol. The lowest BCUT2D eigenvalue weighted by molar-refractivity contribution is -0.280. The van der Waals surface area contributed by atoms with E-state index in [-0.39, 0.29) is 69.2 Å².